The lowest BCUT2D eigenvalue weighted by molar-refractivity contribution is 0.102. The van der Waals surface area contributed by atoms with Crippen molar-refractivity contribution in [3.8, 4) is 0 Å². The number of hydrogen-bond donors (Lipinski definition) is 1. The Bertz CT molecular complexity index is 634. The fraction of sp³-hybridized carbons (Fsp3) is 0. The number of amides is 1. The zero-order chi connectivity index (χ0) is 14.0. The number of nitrogens with one attached hydrogen (secondary N) is 1. The molecule has 0 saturated carbocycles. The van der Waals surface area contributed by atoms with Crippen molar-refractivity contribution in [2.45, 2.75) is 0 Å². The molecule has 1 amide bonds. The first-order chi connectivity index (χ1) is 8.97. The molecule has 0 fully saturated rings. The fourth-order valence-corrected chi connectivity index (χ4v) is 1.80. The molecule has 1 N–H and O–H groups in total. The van der Waals surface area contributed by atoms with Gasteiger partial charge in [0.05, 0.1) is 10.6 Å². The molecule has 0 aliphatic rings. The monoisotopic (exact) mass is 346 g/mol. The third-order valence-electron chi connectivity index (χ3n) is 2.22. The van der Waals surface area contributed by atoms with Crippen molar-refractivity contribution in [3.63, 3.8) is 0 Å². The average Bonchev–Trinajstić information content (AvgIpc) is 2.36. The third-order valence-corrected chi connectivity index (χ3v) is 3.01. The Kier molecular flexibility index (Phi) is 4.11. The summed E-state index contributed by atoms with van der Waals surface area (Å²) in [5.41, 5.74) is -0.162. The Labute approximate surface area is 120 Å². The van der Waals surface area contributed by atoms with E-state index in [4.69, 9.17) is 11.6 Å². The van der Waals surface area contributed by atoms with Crippen LogP contribution in [0.15, 0.2) is 34.9 Å². The van der Waals surface area contributed by atoms with Crippen molar-refractivity contribution >= 4 is 39.3 Å². The minimum Gasteiger partial charge on any atom is -0.307 e. The lowest BCUT2D eigenvalue weighted by Gasteiger charge is -2.06. The molecule has 1 aromatic heterocycles. The molecule has 98 valence electrons. The summed E-state index contributed by atoms with van der Waals surface area (Å²) in [4.78, 5) is 15.8. The second-order valence-electron chi connectivity index (χ2n) is 3.56. The molecule has 0 bridgehead atoms. The number of pyridine rings is 1. The van der Waals surface area contributed by atoms with Crippen LogP contribution in [0.2, 0.25) is 5.02 Å². The summed E-state index contributed by atoms with van der Waals surface area (Å²) in [5, 5.41) is 2.26. The molecule has 0 radical (unpaired) electrons. The Hall–Kier alpha value is -1.53. The van der Waals surface area contributed by atoms with E-state index in [-0.39, 0.29) is 16.4 Å². The van der Waals surface area contributed by atoms with Crippen LogP contribution < -0.4 is 5.32 Å². The van der Waals surface area contributed by atoms with Crippen LogP contribution in [0.5, 0.6) is 0 Å². The highest BCUT2D eigenvalue weighted by molar-refractivity contribution is 9.10. The molecule has 1 aromatic carbocycles. The first-order valence-corrected chi connectivity index (χ1v) is 6.22. The van der Waals surface area contributed by atoms with E-state index in [2.05, 4.69) is 26.2 Å². The van der Waals surface area contributed by atoms with Crippen LogP contribution in [0.3, 0.4) is 0 Å². The van der Waals surface area contributed by atoms with E-state index in [0.29, 0.717) is 0 Å². The van der Waals surface area contributed by atoms with E-state index in [1.807, 2.05) is 0 Å². The van der Waals surface area contributed by atoms with Gasteiger partial charge in [0.1, 0.15) is 5.82 Å². The fourth-order valence-electron chi connectivity index (χ4n) is 1.33. The molecule has 0 aliphatic heterocycles. The summed E-state index contributed by atoms with van der Waals surface area (Å²) in [5.74, 6) is -2.64. The molecule has 2 rings (SSSR count). The lowest BCUT2D eigenvalue weighted by Crippen LogP contribution is -2.14. The smallest absolute Gasteiger partial charge is 0.258 e. The van der Waals surface area contributed by atoms with E-state index < -0.39 is 17.5 Å². The van der Waals surface area contributed by atoms with Crippen molar-refractivity contribution < 1.29 is 13.6 Å². The van der Waals surface area contributed by atoms with E-state index in [1.54, 1.807) is 12.1 Å². The molecule has 0 atom stereocenters. The van der Waals surface area contributed by atoms with Crippen LogP contribution in [0.4, 0.5) is 14.6 Å². The summed E-state index contributed by atoms with van der Waals surface area (Å²) < 4.78 is 26.7. The second-order valence-corrected chi connectivity index (χ2v) is 4.88. The maximum Gasteiger partial charge on any atom is 0.258 e. The number of carbonyl (C=O) groups is 1. The van der Waals surface area contributed by atoms with Crippen molar-refractivity contribution in [2.75, 3.05) is 5.32 Å². The summed E-state index contributed by atoms with van der Waals surface area (Å²) in [6.45, 7) is 0. The lowest BCUT2D eigenvalue weighted by atomic mass is 10.2. The Morgan fingerprint density at radius 3 is 2.58 bits per heavy atom. The Morgan fingerprint density at radius 1 is 1.26 bits per heavy atom. The van der Waals surface area contributed by atoms with Gasteiger partial charge in [-0.1, -0.05) is 11.6 Å². The highest BCUT2D eigenvalue weighted by Crippen LogP contribution is 2.21. The number of rotatable bonds is 2. The molecule has 0 unspecified atom stereocenters. The van der Waals surface area contributed by atoms with Gasteiger partial charge in [0.25, 0.3) is 5.91 Å². The van der Waals surface area contributed by atoms with E-state index >= 15 is 0 Å². The zero-order valence-electron chi connectivity index (χ0n) is 9.25. The number of benzene rings is 1. The second kappa shape index (κ2) is 5.63. The predicted octanol–water partition coefficient (Wildman–Crippen LogP) is 4.03. The van der Waals surface area contributed by atoms with Crippen LogP contribution in [-0.4, -0.2) is 10.9 Å². The summed E-state index contributed by atoms with van der Waals surface area (Å²) in [6, 6.07) is 4.72. The summed E-state index contributed by atoms with van der Waals surface area (Å²) in [6.07, 6.45) is 1.49. The van der Waals surface area contributed by atoms with Gasteiger partial charge in [-0.3, -0.25) is 4.79 Å². The van der Waals surface area contributed by atoms with Gasteiger partial charge >= 0.3 is 0 Å². The number of halogens is 4. The topological polar surface area (TPSA) is 42.0 Å². The van der Waals surface area contributed by atoms with E-state index in [1.165, 1.54) is 6.20 Å². The van der Waals surface area contributed by atoms with E-state index in [0.717, 1.165) is 16.6 Å². The van der Waals surface area contributed by atoms with Crippen LogP contribution in [0, 0.1) is 11.6 Å². The number of nitrogens with zero attached hydrogens (tertiary/aromatic N) is 1. The molecule has 19 heavy (non-hydrogen) atoms. The van der Waals surface area contributed by atoms with Gasteiger partial charge in [0.15, 0.2) is 11.6 Å². The third kappa shape index (κ3) is 3.27. The maximum absolute atomic E-state index is 13.1. The van der Waals surface area contributed by atoms with Crippen molar-refractivity contribution in [1.82, 2.24) is 4.98 Å². The van der Waals surface area contributed by atoms with Crippen molar-refractivity contribution in [3.05, 3.63) is 57.2 Å². The molecule has 1 heterocycles. The molecular weight excluding hydrogens is 341 g/mol. The molecular formula is C12H6BrClF2N2O. The first-order valence-electron chi connectivity index (χ1n) is 5.05. The number of carbonyl (C=O) groups excluding carboxylic acids is 1. The van der Waals surface area contributed by atoms with Gasteiger partial charge in [-0.05, 0) is 40.2 Å². The molecule has 3 nitrogen and oxygen atoms in total. The Balaban J connectivity index is 2.25. The minimum atomic E-state index is -1.14. The SMILES string of the molecule is O=C(Nc1ccc(Br)cn1)c1cc(F)c(F)cc1Cl. The quantitative estimate of drug-likeness (QED) is 0.834. The van der Waals surface area contributed by atoms with Gasteiger partial charge < -0.3 is 5.32 Å². The highest BCUT2D eigenvalue weighted by atomic mass is 79.9. The normalized spacial score (nSPS) is 10.3. The molecule has 0 spiro atoms. The number of anilines is 1. The highest BCUT2D eigenvalue weighted by Gasteiger charge is 2.15. The van der Waals surface area contributed by atoms with Gasteiger partial charge in [0, 0.05) is 10.7 Å². The van der Waals surface area contributed by atoms with Crippen molar-refractivity contribution in [2.24, 2.45) is 0 Å². The maximum atomic E-state index is 13.1. The first kappa shape index (κ1) is 13.9. The van der Waals surface area contributed by atoms with Gasteiger partial charge in [-0.25, -0.2) is 13.8 Å². The Morgan fingerprint density at radius 2 is 1.95 bits per heavy atom. The summed E-state index contributed by atoms with van der Waals surface area (Å²) in [7, 11) is 0. The molecule has 2 aromatic rings. The minimum absolute atomic E-state index is 0.162. The number of aromatic nitrogens is 1. The number of hydrogen-bond acceptors (Lipinski definition) is 2. The van der Waals surface area contributed by atoms with Gasteiger partial charge in [-0.2, -0.15) is 0 Å². The predicted molar refractivity (Wildman–Crippen MR) is 71.3 cm³/mol. The van der Waals surface area contributed by atoms with Crippen LogP contribution in [0.25, 0.3) is 0 Å². The molecule has 7 heteroatoms. The largest absolute Gasteiger partial charge is 0.307 e. The molecule has 0 saturated heterocycles. The summed E-state index contributed by atoms with van der Waals surface area (Å²) >= 11 is 8.89. The van der Waals surface area contributed by atoms with Crippen LogP contribution in [0.1, 0.15) is 10.4 Å². The van der Waals surface area contributed by atoms with Crippen molar-refractivity contribution in [1.29, 1.82) is 0 Å². The standard InChI is InChI=1S/C12H6BrClF2N2O/c13-6-1-2-11(17-5-6)18-12(19)7-3-9(15)10(16)4-8(7)14/h1-5H,(H,17,18,19). The molecule has 0 aliphatic carbocycles. The zero-order valence-corrected chi connectivity index (χ0v) is 11.6. The van der Waals surface area contributed by atoms with Gasteiger partial charge in [-0.15, -0.1) is 0 Å². The van der Waals surface area contributed by atoms with Gasteiger partial charge in [0.2, 0.25) is 0 Å². The average molecular weight is 348 g/mol. The van der Waals surface area contributed by atoms with E-state index in [9.17, 15) is 13.6 Å². The van der Waals surface area contributed by atoms with Crippen LogP contribution >= 0.6 is 27.5 Å². The van der Waals surface area contributed by atoms with Crippen LogP contribution in [-0.2, 0) is 0 Å².